The molecule has 0 heterocycles. The molecule has 0 aliphatic rings. The first-order valence-corrected chi connectivity index (χ1v) is 9.25. The fourth-order valence-corrected chi connectivity index (χ4v) is 1.93. The molecule has 136 valence electrons. The van der Waals surface area contributed by atoms with Gasteiger partial charge in [-0.3, -0.25) is 0 Å². The highest BCUT2D eigenvalue weighted by atomic mass is 35.5. The smallest absolute Gasteiger partial charge is 0.0408 e. The Hall–Kier alpha value is -2.05. The summed E-state index contributed by atoms with van der Waals surface area (Å²) in [6.07, 6.45) is 9.76. The summed E-state index contributed by atoms with van der Waals surface area (Å²) in [6.45, 7) is 15.7. The second kappa shape index (κ2) is 18.3. The van der Waals surface area contributed by atoms with Gasteiger partial charge in [-0.2, -0.15) is 0 Å². The highest BCUT2D eigenvalue weighted by molar-refractivity contribution is 6.30. The van der Waals surface area contributed by atoms with Crippen LogP contribution in [0, 0.1) is 13.8 Å². The van der Waals surface area contributed by atoms with Crippen molar-refractivity contribution in [3.8, 4) is 0 Å². The topological polar surface area (TPSA) is 0 Å². The monoisotopic (exact) mass is 356 g/mol. The van der Waals surface area contributed by atoms with E-state index in [1.54, 1.807) is 6.08 Å². The minimum Gasteiger partial charge on any atom is -0.0991 e. The van der Waals surface area contributed by atoms with Crippen LogP contribution in [-0.2, 0) is 0 Å². The number of aryl methyl sites for hydroxylation is 2. The molecule has 0 nitrogen and oxygen atoms in total. The molecule has 0 aromatic heterocycles. The third-order valence-corrected chi connectivity index (χ3v) is 3.04. The predicted octanol–water partition coefficient (Wildman–Crippen LogP) is 8.45. The Balaban J connectivity index is 0. The van der Waals surface area contributed by atoms with Crippen LogP contribution in [0.25, 0.3) is 6.08 Å². The molecule has 0 aliphatic carbocycles. The van der Waals surface area contributed by atoms with Gasteiger partial charge in [-0.1, -0.05) is 113 Å². The van der Waals surface area contributed by atoms with Gasteiger partial charge in [-0.25, -0.2) is 0 Å². The van der Waals surface area contributed by atoms with Crippen LogP contribution in [0.2, 0.25) is 5.02 Å². The van der Waals surface area contributed by atoms with Crippen molar-refractivity contribution in [1.82, 2.24) is 0 Å². The van der Waals surface area contributed by atoms with Gasteiger partial charge >= 0.3 is 0 Å². The van der Waals surface area contributed by atoms with Gasteiger partial charge in [0.25, 0.3) is 0 Å². The third-order valence-electron chi connectivity index (χ3n) is 2.80. The lowest BCUT2D eigenvalue weighted by molar-refractivity contribution is 1.44. The molecule has 2 aromatic rings. The summed E-state index contributed by atoms with van der Waals surface area (Å²) >= 11 is 5.64. The Morgan fingerprint density at radius 3 is 1.92 bits per heavy atom. The van der Waals surface area contributed by atoms with Gasteiger partial charge < -0.3 is 0 Å². The molecule has 0 radical (unpaired) electrons. The van der Waals surface area contributed by atoms with Crippen LogP contribution in [0.3, 0.4) is 0 Å². The van der Waals surface area contributed by atoms with Crippen molar-refractivity contribution < 1.29 is 0 Å². The van der Waals surface area contributed by atoms with Crippen molar-refractivity contribution in [2.24, 2.45) is 0 Å². The Bertz CT molecular complexity index is 604. The van der Waals surface area contributed by atoms with Crippen LogP contribution in [0.5, 0.6) is 0 Å². The summed E-state index contributed by atoms with van der Waals surface area (Å²) in [6, 6.07) is 16.1. The number of hydrogen-bond donors (Lipinski definition) is 0. The number of halogens is 1. The van der Waals surface area contributed by atoms with Gasteiger partial charge in [0.15, 0.2) is 0 Å². The first-order chi connectivity index (χ1) is 12.1. The van der Waals surface area contributed by atoms with E-state index in [0.29, 0.717) is 0 Å². The van der Waals surface area contributed by atoms with Crippen molar-refractivity contribution >= 4 is 17.7 Å². The average Bonchev–Trinajstić information content (AvgIpc) is 2.64. The quantitative estimate of drug-likeness (QED) is 0.484. The maximum absolute atomic E-state index is 5.64. The summed E-state index contributed by atoms with van der Waals surface area (Å²) in [7, 11) is 0. The second-order valence-electron chi connectivity index (χ2n) is 4.64. The SMILES string of the molecule is C=C/C=C\C=C/c1ccccc1C.CC.CC.Cc1cccc(Cl)c1. The molecule has 0 fully saturated rings. The van der Waals surface area contributed by atoms with Crippen LogP contribution in [0.4, 0.5) is 0 Å². The molecular formula is C24H33Cl. The van der Waals surface area contributed by atoms with Crippen molar-refractivity contribution in [3.63, 3.8) is 0 Å². The zero-order valence-electron chi connectivity index (χ0n) is 16.6. The number of rotatable bonds is 3. The number of hydrogen-bond acceptors (Lipinski definition) is 0. The van der Waals surface area contributed by atoms with Crippen LogP contribution in [0.1, 0.15) is 44.4 Å². The van der Waals surface area contributed by atoms with Crippen LogP contribution in [0.15, 0.2) is 79.4 Å². The van der Waals surface area contributed by atoms with Crippen LogP contribution in [-0.4, -0.2) is 0 Å². The highest BCUT2D eigenvalue weighted by Crippen LogP contribution is 2.09. The Morgan fingerprint density at radius 2 is 1.44 bits per heavy atom. The molecule has 0 saturated carbocycles. The fraction of sp³-hybridized carbons (Fsp3) is 0.250. The Labute approximate surface area is 160 Å². The molecule has 0 aliphatic heterocycles. The van der Waals surface area contributed by atoms with Crippen LogP contribution >= 0.6 is 11.6 Å². The molecule has 0 bridgehead atoms. The normalized spacial score (nSPS) is 9.24. The van der Waals surface area contributed by atoms with E-state index in [-0.39, 0.29) is 0 Å². The van der Waals surface area contributed by atoms with Gasteiger partial charge in [0.05, 0.1) is 0 Å². The number of allylic oxidation sites excluding steroid dienone is 4. The predicted molar refractivity (Wildman–Crippen MR) is 118 cm³/mol. The summed E-state index contributed by atoms with van der Waals surface area (Å²) in [5.41, 5.74) is 3.76. The molecule has 25 heavy (non-hydrogen) atoms. The molecule has 0 amide bonds. The molecule has 1 heteroatoms. The molecule has 2 aromatic carbocycles. The lowest BCUT2D eigenvalue weighted by Crippen LogP contribution is -1.76. The molecule has 0 spiro atoms. The summed E-state index contributed by atoms with van der Waals surface area (Å²) in [5, 5.41) is 0.810. The third kappa shape index (κ3) is 14.0. The van der Waals surface area contributed by atoms with Gasteiger partial charge in [0.1, 0.15) is 0 Å². The van der Waals surface area contributed by atoms with Crippen molar-refractivity contribution in [2.45, 2.75) is 41.5 Å². The maximum atomic E-state index is 5.64. The van der Waals surface area contributed by atoms with Crippen molar-refractivity contribution in [1.29, 1.82) is 0 Å². The maximum Gasteiger partial charge on any atom is 0.0408 e. The van der Waals surface area contributed by atoms with Gasteiger partial charge in [-0.15, -0.1) is 0 Å². The van der Waals surface area contributed by atoms with E-state index in [2.05, 4.69) is 31.7 Å². The van der Waals surface area contributed by atoms with E-state index in [4.69, 9.17) is 11.6 Å². The molecule has 2 rings (SSSR count). The largest absolute Gasteiger partial charge is 0.0991 e. The lowest BCUT2D eigenvalue weighted by Gasteiger charge is -1.96. The molecule has 0 unspecified atom stereocenters. The average molecular weight is 357 g/mol. The van der Waals surface area contributed by atoms with E-state index < -0.39 is 0 Å². The summed E-state index contributed by atoms with van der Waals surface area (Å²) in [4.78, 5) is 0. The van der Waals surface area contributed by atoms with Crippen molar-refractivity contribution in [2.75, 3.05) is 0 Å². The first kappa shape index (κ1) is 25.2. The fourth-order valence-electron chi connectivity index (χ4n) is 1.68. The summed E-state index contributed by atoms with van der Waals surface area (Å²) < 4.78 is 0. The van der Waals surface area contributed by atoms with Gasteiger partial charge in [0.2, 0.25) is 0 Å². The zero-order chi connectivity index (χ0) is 19.5. The highest BCUT2D eigenvalue weighted by Gasteiger charge is 1.88. The van der Waals surface area contributed by atoms with E-state index in [0.717, 1.165) is 5.02 Å². The molecule has 0 N–H and O–H groups in total. The Kier molecular flexibility index (Phi) is 18.4. The second-order valence-corrected chi connectivity index (χ2v) is 5.07. The first-order valence-electron chi connectivity index (χ1n) is 8.87. The molecular weight excluding hydrogens is 324 g/mol. The van der Waals surface area contributed by atoms with Crippen molar-refractivity contribution in [3.05, 3.63) is 101 Å². The van der Waals surface area contributed by atoms with E-state index in [9.17, 15) is 0 Å². The molecule has 0 atom stereocenters. The van der Waals surface area contributed by atoms with Gasteiger partial charge in [-0.05, 0) is 42.7 Å². The van der Waals surface area contributed by atoms with E-state index in [1.165, 1.54) is 16.7 Å². The molecule has 0 saturated heterocycles. The standard InChI is InChI=1S/C13H14.C7H7Cl.2C2H6/c1-3-4-5-6-10-13-11-8-7-9-12(13)2;1-6-3-2-4-7(8)5-6;2*1-2/h3-11H,1H2,2H3;2-5H,1H3;2*1-2H3/b5-4-,10-6-;;;. The minimum atomic E-state index is 0.810. The number of benzene rings is 2. The zero-order valence-corrected chi connectivity index (χ0v) is 17.3. The van der Waals surface area contributed by atoms with Crippen LogP contribution < -0.4 is 0 Å². The summed E-state index contributed by atoms with van der Waals surface area (Å²) in [5.74, 6) is 0. The van der Waals surface area contributed by atoms with E-state index in [1.807, 2.05) is 89.2 Å². The minimum absolute atomic E-state index is 0.810. The Morgan fingerprint density at radius 1 is 0.800 bits per heavy atom. The van der Waals surface area contributed by atoms with Gasteiger partial charge in [0, 0.05) is 5.02 Å². The lowest BCUT2D eigenvalue weighted by atomic mass is 10.1. The van der Waals surface area contributed by atoms with E-state index >= 15 is 0 Å².